The van der Waals surface area contributed by atoms with Gasteiger partial charge in [0.1, 0.15) is 13.2 Å². The van der Waals surface area contributed by atoms with E-state index in [1.165, 1.54) is 154 Å². The number of rotatable bonds is 49. The number of quaternary nitrogens is 1. The number of allylic oxidation sites excluding steroid dienone is 9. The zero-order valence-electron chi connectivity index (χ0n) is 43.2. The van der Waals surface area contributed by atoms with Crippen LogP contribution in [0.3, 0.4) is 0 Å². The van der Waals surface area contributed by atoms with Gasteiger partial charge in [-0.3, -0.25) is 13.8 Å². The first-order valence-corrected chi connectivity index (χ1v) is 28.7. The molecule has 3 atom stereocenters. The van der Waals surface area contributed by atoms with Gasteiger partial charge in [0.15, 0.2) is 0 Å². The van der Waals surface area contributed by atoms with E-state index in [0.717, 1.165) is 64.2 Å². The van der Waals surface area contributed by atoms with Gasteiger partial charge in [0.25, 0.3) is 0 Å². The van der Waals surface area contributed by atoms with Gasteiger partial charge in [-0.2, -0.15) is 0 Å². The smallest absolute Gasteiger partial charge is 0.387 e. The highest BCUT2D eigenvalue weighted by molar-refractivity contribution is 7.47. The van der Waals surface area contributed by atoms with E-state index in [2.05, 4.69) is 67.8 Å². The fourth-order valence-corrected chi connectivity index (χ4v) is 8.48. The molecule has 3 unspecified atom stereocenters. The Morgan fingerprint density at radius 3 is 1.35 bits per heavy atom. The highest BCUT2D eigenvalue weighted by atomic mass is 31.2. The van der Waals surface area contributed by atoms with Crippen molar-refractivity contribution in [1.82, 2.24) is 5.32 Å². The van der Waals surface area contributed by atoms with Crippen LogP contribution in [0.5, 0.6) is 0 Å². The van der Waals surface area contributed by atoms with Crippen LogP contribution in [0.25, 0.3) is 0 Å². The number of carbonyl (C=O) groups excluding carboxylic acids is 1. The predicted octanol–water partition coefficient (Wildman–Crippen LogP) is 16.1. The highest BCUT2D eigenvalue weighted by Gasteiger charge is 2.27. The normalized spacial score (nSPS) is 14.5. The molecule has 0 aromatic rings. The molecule has 0 aromatic carbocycles. The number of carbonyl (C=O) groups is 1. The second kappa shape index (κ2) is 47.3. The number of nitrogens with zero attached hydrogens (tertiary/aromatic N) is 1. The molecule has 0 saturated heterocycles. The van der Waals surface area contributed by atoms with Crippen LogP contribution >= 0.6 is 7.82 Å². The quantitative estimate of drug-likeness (QED) is 0.0243. The number of aliphatic hydroxyl groups excluding tert-OH is 1. The lowest BCUT2D eigenvalue weighted by molar-refractivity contribution is -0.870. The Bertz CT molecular complexity index is 1240. The van der Waals surface area contributed by atoms with Crippen LogP contribution in [0.2, 0.25) is 0 Å². The Kier molecular flexibility index (Phi) is 46.0. The zero-order valence-corrected chi connectivity index (χ0v) is 44.1. The van der Waals surface area contributed by atoms with E-state index in [0.29, 0.717) is 17.4 Å². The molecule has 8 nitrogen and oxygen atoms in total. The van der Waals surface area contributed by atoms with Crippen LogP contribution in [0.4, 0.5) is 0 Å². The van der Waals surface area contributed by atoms with E-state index in [-0.39, 0.29) is 19.1 Å². The van der Waals surface area contributed by atoms with Crippen LogP contribution in [0.15, 0.2) is 60.8 Å². The van der Waals surface area contributed by atoms with Crippen molar-refractivity contribution in [3.63, 3.8) is 0 Å². The number of phosphoric acid groups is 1. The second-order valence-corrected chi connectivity index (χ2v) is 21.0. The summed E-state index contributed by atoms with van der Waals surface area (Å²) in [4.78, 5) is 23.1. The molecule has 0 aromatic heterocycles. The number of amides is 1. The molecule has 0 rings (SSSR count). The van der Waals surface area contributed by atoms with Gasteiger partial charge >= 0.3 is 7.82 Å². The lowest BCUT2D eigenvalue weighted by Crippen LogP contribution is -2.45. The first-order valence-electron chi connectivity index (χ1n) is 27.2. The first-order chi connectivity index (χ1) is 31.5. The summed E-state index contributed by atoms with van der Waals surface area (Å²) in [5.74, 6) is -0.179. The van der Waals surface area contributed by atoms with Crippen molar-refractivity contribution in [3.05, 3.63) is 60.8 Å². The van der Waals surface area contributed by atoms with Gasteiger partial charge in [0.05, 0.1) is 39.9 Å². The Labute approximate surface area is 402 Å². The number of hydrogen-bond acceptors (Lipinski definition) is 5. The summed E-state index contributed by atoms with van der Waals surface area (Å²) in [6.45, 7) is 4.66. The van der Waals surface area contributed by atoms with Crippen molar-refractivity contribution < 1.29 is 32.9 Å². The lowest BCUT2D eigenvalue weighted by Gasteiger charge is -2.25. The first kappa shape index (κ1) is 63.2. The summed E-state index contributed by atoms with van der Waals surface area (Å²) in [5, 5.41) is 13.8. The second-order valence-electron chi connectivity index (χ2n) is 19.6. The number of likely N-dealkylation sites (N-methyl/N-ethyl adjacent to an activating group) is 1. The van der Waals surface area contributed by atoms with E-state index in [1.807, 2.05) is 27.2 Å². The molecule has 0 saturated carbocycles. The van der Waals surface area contributed by atoms with Crippen molar-refractivity contribution in [2.45, 2.75) is 251 Å². The van der Waals surface area contributed by atoms with E-state index >= 15 is 0 Å². The molecule has 0 spiro atoms. The van der Waals surface area contributed by atoms with Crippen LogP contribution in [0.1, 0.15) is 239 Å². The van der Waals surface area contributed by atoms with Crippen molar-refractivity contribution in [1.29, 1.82) is 0 Å². The summed E-state index contributed by atoms with van der Waals surface area (Å²) in [5.41, 5.74) is 0. The standard InChI is InChI=1S/C56H105N2O6P/c1-6-8-10-12-14-16-17-18-19-20-21-22-23-24-25-26-27-28-29-30-31-32-33-34-35-36-37-38-39-40-41-42-44-46-48-50-56(60)57-54(53-64-65(61,62)63-52-51-58(3,4)5)55(59)49-47-45-43-15-13-11-9-7-2/h8,10,14,16,18-19,21-22,47,49,54-55,59H,6-7,9,11-13,15,17,20,23-46,48,50-53H2,1-5H3,(H-,57,60,61,62)/p+1/b10-8-,16-14-,19-18-,22-21-,49-47+. The largest absolute Gasteiger partial charge is 0.472 e. The number of unbranched alkanes of at least 4 members (excludes halogenated alkanes) is 28. The zero-order chi connectivity index (χ0) is 47.8. The minimum Gasteiger partial charge on any atom is -0.387 e. The molecule has 0 aliphatic carbocycles. The van der Waals surface area contributed by atoms with Crippen molar-refractivity contribution in [2.24, 2.45) is 0 Å². The fourth-order valence-electron chi connectivity index (χ4n) is 7.74. The van der Waals surface area contributed by atoms with Crippen LogP contribution in [-0.4, -0.2) is 73.4 Å². The van der Waals surface area contributed by atoms with Gasteiger partial charge < -0.3 is 19.8 Å². The SMILES string of the molecule is CC/C=C\C/C=C\C/C=C\C/C=C\CCCCCCCCCCCCCCCCCCCCCCCCC(=O)NC(COP(=O)(O)OCC[N+](C)(C)C)C(O)/C=C/CCCCCCCC. The minimum absolute atomic E-state index is 0.0614. The van der Waals surface area contributed by atoms with Gasteiger partial charge in [-0.05, 0) is 57.8 Å². The third-order valence-corrected chi connectivity index (χ3v) is 13.0. The molecule has 0 aliphatic rings. The van der Waals surface area contributed by atoms with Crippen LogP contribution in [0, 0.1) is 0 Å². The molecule has 1 amide bonds. The van der Waals surface area contributed by atoms with Gasteiger partial charge in [-0.1, -0.05) is 235 Å². The maximum atomic E-state index is 12.9. The van der Waals surface area contributed by atoms with Crippen LogP contribution in [-0.2, 0) is 18.4 Å². The third kappa shape index (κ3) is 49.9. The van der Waals surface area contributed by atoms with E-state index < -0.39 is 20.0 Å². The Balaban J connectivity index is 3.86. The molecule has 0 heterocycles. The summed E-state index contributed by atoms with van der Waals surface area (Å²) in [7, 11) is 1.57. The summed E-state index contributed by atoms with van der Waals surface area (Å²) in [6, 6.07) is -0.843. The molecule has 65 heavy (non-hydrogen) atoms. The Morgan fingerprint density at radius 1 is 0.538 bits per heavy atom. The van der Waals surface area contributed by atoms with Crippen molar-refractivity contribution >= 4 is 13.7 Å². The van der Waals surface area contributed by atoms with E-state index in [4.69, 9.17) is 9.05 Å². The Hall–Kier alpha value is -1.80. The monoisotopic (exact) mass is 934 g/mol. The molecule has 0 fully saturated rings. The molecule has 3 N–H and O–H groups in total. The average molecular weight is 934 g/mol. The number of phosphoric ester groups is 1. The molecule has 0 bridgehead atoms. The van der Waals surface area contributed by atoms with Gasteiger partial charge in [-0.15, -0.1) is 0 Å². The van der Waals surface area contributed by atoms with Gasteiger partial charge in [-0.25, -0.2) is 4.57 Å². The predicted molar refractivity (Wildman–Crippen MR) is 281 cm³/mol. The molecule has 0 radical (unpaired) electrons. The maximum absolute atomic E-state index is 12.9. The maximum Gasteiger partial charge on any atom is 0.472 e. The molecular weight excluding hydrogens is 828 g/mol. The third-order valence-electron chi connectivity index (χ3n) is 12.0. The van der Waals surface area contributed by atoms with Gasteiger partial charge in [0, 0.05) is 6.42 Å². The number of aliphatic hydroxyl groups is 1. The van der Waals surface area contributed by atoms with E-state index in [1.54, 1.807) is 6.08 Å². The number of hydrogen-bond donors (Lipinski definition) is 3. The summed E-state index contributed by atoms with van der Waals surface area (Å²) >= 11 is 0. The van der Waals surface area contributed by atoms with Crippen molar-refractivity contribution in [2.75, 3.05) is 40.9 Å². The number of nitrogens with one attached hydrogen (secondary N) is 1. The average Bonchev–Trinajstić information content (AvgIpc) is 3.26. The summed E-state index contributed by atoms with van der Waals surface area (Å²) in [6.07, 6.45) is 63.5. The highest BCUT2D eigenvalue weighted by Crippen LogP contribution is 2.43. The molecule has 9 heteroatoms. The van der Waals surface area contributed by atoms with E-state index in [9.17, 15) is 19.4 Å². The van der Waals surface area contributed by atoms with Gasteiger partial charge in [0.2, 0.25) is 5.91 Å². The molecular formula is C56H106N2O6P+. The fraction of sp³-hybridized carbons (Fsp3) is 0.804. The minimum atomic E-state index is -4.33. The molecule has 380 valence electrons. The Morgan fingerprint density at radius 2 is 0.923 bits per heavy atom. The lowest BCUT2D eigenvalue weighted by atomic mass is 10.0. The van der Waals surface area contributed by atoms with Crippen LogP contribution < -0.4 is 5.32 Å². The summed E-state index contributed by atoms with van der Waals surface area (Å²) < 4.78 is 23.5. The molecule has 0 aliphatic heterocycles. The van der Waals surface area contributed by atoms with Crippen molar-refractivity contribution in [3.8, 4) is 0 Å². The topological polar surface area (TPSA) is 105 Å².